The van der Waals surface area contributed by atoms with E-state index in [-0.39, 0.29) is 35.9 Å². The van der Waals surface area contributed by atoms with Gasteiger partial charge in [-0.1, -0.05) is 12.1 Å². The van der Waals surface area contributed by atoms with Crippen LogP contribution in [0.5, 0.6) is 5.75 Å². The fraction of sp³-hybridized carbons (Fsp3) is 0.333. The van der Waals surface area contributed by atoms with Crippen LogP contribution in [0, 0.1) is 5.82 Å². The number of guanidine groups is 1. The first kappa shape index (κ1) is 21.1. The van der Waals surface area contributed by atoms with Crippen LogP contribution < -0.4 is 15.4 Å². The maximum atomic E-state index is 13.1. The van der Waals surface area contributed by atoms with Crippen molar-refractivity contribution in [3.8, 4) is 5.75 Å². The largest absolute Gasteiger partial charge is 0.489 e. The number of hydrogen-bond donors (Lipinski definition) is 2. The summed E-state index contributed by atoms with van der Waals surface area (Å²) in [4.78, 5) is 8.45. The topological polar surface area (TPSA) is 58.5 Å². The molecule has 0 saturated heterocycles. The number of benzene rings is 1. The van der Waals surface area contributed by atoms with Gasteiger partial charge in [0.2, 0.25) is 0 Å². The molecule has 0 radical (unpaired) electrons. The predicted octanol–water partition coefficient (Wildman–Crippen LogP) is 3.01. The Kier molecular flexibility index (Phi) is 9.83. The summed E-state index contributed by atoms with van der Waals surface area (Å²) in [6, 6.07) is 12.0. The number of pyridine rings is 1. The second-order valence-corrected chi connectivity index (χ2v) is 5.34. The Morgan fingerprint density at radius 3 is 2.76 bits per heavy atom. The number of nitrogens with one attached hydrogen (secondary N) is 2. The van der Waals surface area contributed by atoms with E-state index in [1.165, 1.54) is 12.1 Å². The molecule has 0 aliphatic carbocycles. The van der Waals surface area contributed by atoms with Gasteiger partial charge in [0.25, 0.3) is 0 Å². The van der Waals surface area contributed by atoms with E-state index in [0.29, 0.717) is 18.3 Å². The van der Waals surface area contributed by atoms with Gasteiger partial charge in [-0.25, -0.2) is 4.39 Å². The van der Waals surface area contributed by atoms with E-state index in [9.17, 15) is 4.39 Å². The van der Waals surface area contributed by atoms with Crippen LogP contribution in [0.3, 0.4) is 0 Å². The van der Waals surface area contributed by atoms with Gasteiger partial charge in [0.15, 0.2) is 5.96 Å². The maximum Gasteiger partial charge on any atom is 0.191 e. The Bertz CT molecular complexity index is 655. The summed E-state index contributed by atoms with van der Waals surface area (Å²) in [5.41, 5.74) is 1.03. The van der Waals surface area contributed by atoms with Crippen LogP contribution in [-0.4, -0.2) is 37.2 Å². The van der Waals surface area contributed by atoms with Gasteiger partial charge in [0.1, 0.15) is 17.7 Å². The van der Waals surface area contributed by atoms with Crippen molar-refractivity contribution in [1.82, 2.24) is 15.6 Å². The summed E-state index contributed by atoms with van der Waals surface area (Å²) in [5.74, 6) is 0.905. The third-order valence-corrected chi connectivity index (χ3v) is 3.31. The minimum atomic E-state index is -0.306. The lowest BCUT2D eigenvalue weighted by molar-refractivity contribution is 0.223. The maximum absolute atomic E-state index is 13.1. The molecule has 2 N–H and O–H groups in total. The summed E-state index contributed by atoms with van der Waals surface area (Å²) in [6.07, 6.45) is 2.48. The lowest BCUT2D eigenvalue weighted by Gasteiger charge is -2.17. The lowest BCUT2D eigenvalue weighted by atomic mass is 10.3. The molecular weight excluding hydrogens is 434 g/mol. The van der Waals surface area contributed by atoms with E-state index in [1.54, 1.807) is 25.4 Å². The quantitative estimate of drug-likeness (QED) is 0.381. The molecule has 1 atom stereocenters. The smallest absolute Gasteiger partial charge is 0.191 e. The number of rotatable bonds is 7. The molecule has 2 aromatic rings. The zero-order valence-electron chi connectivity index (χ0n) is 14.4. The van der Waals surface area contributed by atoms with Crippen LogP contribution in [-0.2, 0) is 6.42 Å². The average molecular weight is 458 g/mol. The molecule has 0 fully saturated rings. The number of nitrogens with zero attached hydrogens (tertiary/aromatic N) is 2. The van der Waals surface area contributed by atoms with Crippen molar-refractivity contribution in [3.05, 3.63) is 60.2 Å². The zero-order chi connectivity index (χ0) is 17.2. The molecule has 0 aliphatic heterocycles. The third-order valence-electron chi connectivity index (χ3n) is 3.31. The van der Waals surface area contributed by atoms with Gasteiger partial charge in [-0.05, 0) is 31.2 Å². The number of aromatic nitrogens is 1. The molecule has 0 spiro atoms. The van der Waals surface area contributed by atoms with Crippen molar-refractivity contribution >= 4 is 29.9 Å². The molecule has 1 aromatic heterocycles. The van der Waals surface area contributed by atoms with Gasteiger partial charge in [-0.3, -0.25) is 9.98 Å². The monoisotopic (exact) mass is 458 g/mol. The molecule has 1 heterocycles. The van der Waals surface area contributed by atoms with Crippen LogP contribution in [0.25, 0.3) is 0 Å². The first-order valence-corrected chi connectivity index (χ1v) is 7.94. The Hall–Kier alpha value is -1.90. The second-order valence-electron chi connectivity index (χ2n) is 5.34. The minimum Gasteiger partial charge on any atom is -0.489 e. The van der Waals surface area contributed by atoms with Crippen LogP contribution in [0.2, 0.25) is 0 Å². The van der Waals surface area contributed by atoms with Crippen molar-refractivity contribution in [2.75, 3.05) is 20.1 Å². The fourth-order valence-electron chi connectivity index (χ4n) is 2.13. The van der Waals surface area contributed by atoms with E-state index in [1.807, 2.05) is 25.1 Å². The van der Waals surface area contributed by atoms with Gasteiger partial charge in [0.05, 0.1) is 6.54 Å². The number of hydrogen-bond acceptors (Lipinski definition) is 3. The molecule has 5 nitrogen and oxygen atoms in total. The highest BCUT2D eigenvalue weighted by atomic mass is 127. The molecule has 2 rings (SSSR count). The van der Waals surface area contributed by atoms with Crippen LogP contribution in [0.15, 0.2) is 53.7 Å². The molecule has 7 heteroatoms. The van der Waals surface area contributed by atoms with Crippen LogP contribution in [0.1, 0.15) is 12.6 Å². The highest BCUT2D eigenvalue weighted by molar-refractivity contribution is 14.0. The highest BCUT2D eigenvalue weighted by Gasteiger charge is 2.06. The fourth-order valence-corrected chi connectivity index (χ4v) is 2.13. The van der Waals surface area contributed by atoms with E-state index in [2.05, 4.69) is 20.6 Å². The van der Waals surface area contributed by atoms with E-state index in [4.69, 9.17) is 4.74 Å². The van der Waals surface area contributed by atoms with Gasteiger partial charge >= 0.3 is 0 Å². The standard InChI is InChI=1S/C18H23FN4O.HI/c1-14(24-17-8-5-6-15(19)12-17)13-23-18(20-2)22-11-9-16-7-3-4-10-21-16;/h3-8,10,12,14H,9,11,13H2,1-2H3,(H2,20,22,23);1H. The van der Waals surface area contributed by atoms with Crippen molar-refractivity contribution in [1.29, 1.82) is 0 Å². The second kappa shape index (κ2) is 11.6. The van der Waals surface area contributed by atoms with Crippen LogP contribution in [0.4, 0.5) is 4.39 Å². The van der Waals surface area contributed by atoms with E-state index >= 15 is 0 Å². The molecule has 136 valence electrons. The highest BCUT2D eigenvalue weighted by Crippen LogP contribution is 2.13. The van der Waals surface area contributed by atoms with Crippen molar-refractivity contribution < 1.29 is 9.13 Å². The summed E-state index contributed by atoms with van der Waals surface area (Å²) in [7, 11) is 1.72. The Labute approximate surface area is 165 Å². The first-order chi connectivity index (χ1) is 11.7. The molecule has 0 saturated carbocycles. The molecule has 0 amide bonds. The number of ether oxygens (including phenoxy) is 1. The zero-order valence-corrected chi connectivity index (χ0v) is 16.7. The van der Waals surface area contributed by atoms with Crippen molar-refractivity contribution in [3.63, 3.8) is 0 Å². The molecule has 1 unspecified atom stereocenters. The third kappa shape index (κ3) is 8.15. The first-order valence-electron chi connectivity index (χ1n) is 7.94. The lowest BCUT2D eigenvalue weighted by Crippen LogP contribution is -2.42. The summed E-state index contributed by atoms with van der Waals surface area (Å²) in [5, 5.41) is 6.42. The predicted molar refractivity (Wildman–Crippen MR) is 109 cm³/mol. The summed E-state index contributed by atoms with van der Waals surface area (Å²) in [6.45, 7) is 3.20. The van der Waals surface area contributed by atoms with Gasteiger partial charge in [-0.2, -0.15) is 0 Å². The van der Waals surface area contributed by atoms with E-state index in [0.717, 1.165) is 18.7 Å². The molecule has 25 heavy (non-hydrogen) atoms. The SMILES string of the molecule is CN=C(NCCc1ccccn1)NCC(C)Oc1cccc(F)c1.I. The Balaban J connectivity index is 0.00000312. The van der Waals surface area contributed by atoms with Gasteiger partial charge in [0, 0.05) is 38.0 Å². The van der Waals surface area contributed by atoms with Crippen molar-refractivity contribution in [2.24, 2.45) is 4.99 Å². The van der Waals surface area contributed by atoms with E-state index < -0.39 is 0 Å². The average Bonchev–Trinajstić information content (AvgIpc) is 2.59. The Morgan fingerprint density at radius 2 is 2.08 bits per heavy atom. The number of aliphatic imine (C=N–C) groups is 1. The summed E-state index contributed by atoms with van der Waals surface area (Å²) < 4.78 is 18.8. The minimum absolute atomic E-state index is 0. The molecule has 0 bridgehead atoms. The molecule has 1 aromatic carbocycles. The summed E-state index contributed by atoms with van der Waals surface area (Å²) >= 11 is 0. The Morgan fingerprint density at radius 1 is 1.24 bits per heavy atom. The van der Waals surface area contributed by atoms with Crippen LogP contribution >= 0.6 is 24.0 Å². The van der Waals surface area contributed by atoms with Gasteiger partial charge in [-0.15, -0.1) is 24.0 Å². The van der Waals surface area contributed by atoms with Gasteiger partial charge < -0.3 is 15.4 Å². The normalized spacial score (nSPS) is 12.0. The molecular formula is C18H24FIN4O. The van der Waals surface area contributed by atoms with Crippen molar-refractivity contribution in [2.45, 2.75) is 19.4 Å². The number of halogens is 2. The molecule has 0 aliphatic rings.